The average molecular weight is 300 g/mol. The summed E-state index contributed by atoms with van der Waals surface area (Å²) in [7, 11) is -3.36. The van der Waals surface area contributed by atoms with E-state index in [0.29, 0.717) is 9.92 Å². The van der Waals surface area contributed by atoms with Crippen LogP contribution in [0.2, 0.25) is 5.02 Å². The molecule has 0 atom stereocenters. The summed E-state index contributed by atoms with van der Waals surface area (Å²) in [6.45, 7) is 0. The van der Waals surface area contributed by atoms with Crippen LogP contribution in [0, 0.1) is 0 Å². The zero-order valence-electron chi connectivity index (χ0n) is 10.8. The lowest BCUT2D eigenvalue weighted by molar-refractivity contribution is 0.124. The Labute approximate surface area is 119 Å². The van der Waals surface area contributed by atoms with Gasteiger partial charge in [0, 0.05) is 17.1 Å². The van der Waals surface area contributed by atoms with Gasteiger partial charge in [-0.25, -0.2) is 8.42 Å². The molecule has 3 nitrogen and oxygen atoms in total. The molecule has 0 unspecified atom stereocenters. The van der Waals surface area contributed by atoms with Crippen LogP contribution < -0.4 is 0 Å². The van der Waals surface area contributed by atoms with E-state index >= 15 is 0 Å². The van der Waals surface area contributed by atoms with Crippen LogP contribution in [0.1, 0.15) is 38.5 Å². The summed E-state index contributed by atoms with van der Waals surface area (Å²) < 4.78 is 27.4. The highest BCUT2D eigenvalue weighted by molar-refractivity contribution is 7.89. The molecule has 2 heterocycles. The number of nitrogens with zero attached hydrogens (tertiary/aromatic N) is 1. The van der Waals surface area contributed by atoms with Crippen molar-refractivity contribution >= 4 is 21.6 Å². The zero-order valence-corrected chi connectivity index (χ0v) is 12.3. The van der Waals surface area contributed by atoms with Gasteiger partial charge in [0.25, 0.3) is 0 Å². The number of piperidine rings is 2. The predicted octanol–water partition coefficient (Wildman–Crippen LogP) is 3.44. The quantitative estimate of drug-likeness (QED) is 0.839. The number of sulfonamides is 1. The Kier molecular flexibility index (Phi) is 3.58. The first kappa shape index (κ1) is 13.4. The Bertz CT molecular complexity index is 533. The molecule has 2 aliphatic rings. The summed E-state index contributed by atoms with van der Waals surface area (Å²) in [5.41, 5.74) is 0. The first-order valence-electron chi connectivity index (χ1n) is 6.88. The van der Waals surface area contributed by atoms with Gasteiger partial charge in [-0.05, 0) is 49.9 Å². The van der Waals surface area contributed by atoms with E-state index in [0.717, 1.165) is 38.5 Å². The minimum atomic E-state index is -3.36. The van der Waals surface area contributed by atoms with Gasteiger partial charge in [0.2, 0.25) is 10.0 Å². The van der Waals surface area contributed by atoms with E-state index in [1.54, 1.807) is 28.6 Å². The molecule has 2 bridgehead atoms. The second-order valence-electron chi connectivity index (χ2n) is 5.46. The topological polar surface area (TPSA) is 37.4 Å². The third-order valence-electron chi connectivity index (χ3n) is 4.26. The average Bonchev–Trinajstić information content (AvgIpc) is 2.38. The molecule has 2 aliphatic heterocycles. The number of hydrogen-bond acceptors (Lipinski definition) is 2. The molecule has 0 radical (unpaired) electrons. The van der Waals surface area contributed by atoms with Crippen LogP contribution in [0.15, 0.2) is 29.2 Å². The van der Waals surface area contributed by atoms with Crippen molar-refractivity contribution in [1.82, 2.24) is 4.31 Å². The Morgan fingerprint density at radius 3 is 1.89 bits per heavy atom. The van der Waals surface area contributed by atoms with Crippen molar-refractivity contribution in [3.05, 3.63) is 29.3 Å². The van der Waals surface area contributed by atoms with Crippen LogP contribution in [0.3, 0.4) is 0 Å². The van der Waals surface area contributed by atoms with Crippen molar-refractivity contribution in [2.24, 2.45) is 0 Å². The molecule has 19 heavy (non-hydrogen) atoms. The van der Waals surface area contributed by atoms with Crippen molar-refractivity contribution in [2.75, 3.05) is 0 Å². The molecule has 1 aromatic carbocycles. The molecule has 3 rings (SSSR count). The summed E-state index contributed by atoms with van der Waals surface area (Å²) in [5, 5.41) is 0.567. The minimum absolute atomic E-state index is 0.202. The van der Waals surface area contributed by atoms with E-state index in [9.17, 15) is 8.42 Å². The molecule has 0 amide bonds. The number of benzene rings is 1. The Morgan fingerprint density at radius 1 is 0.947 bits per heavy atom. The SMILES string of the molecule is O=S(=O)(c1ccc(Cl)cc1)N1C2CCCC1CCC2. The fourth-order valence-electron chi connectivity index (χ4n) is 3.39. The fourth-order valence-corrected chi connectivity index (χ4v) is 5.45. The van der Waals surface area contributed by atoms with Crippen LogP contribution in [0.4, 0.5) is 0 Å². The summed E-state index contributed by atoms with van der Waals surface area (Å²) in [6, 6.07) is 6.92. The van der Waals surface area contributed by atoms with Gasteiger partial charge < -0.3 is 0 Å². The molecule has 0 spiro atoms. The highest BCUT2D eigenvalue weighted by atomic mass is 35.5. The van der Waals surface area contributed by atoms with Gasteiger partial charge in [-0.2, -0.15) is 4.31 Å². The standard InChI is InChI=1S/C14H18ClNO2S/c15-11-7-9-14(10-8-11)19(17,18)16-12-3-1-4-13(16)6-2-5-12/h7-10,12-13H,1-6H2. The molecular formula is C14H18ClNO2S. The molecule has 104 valence electrons. The van der Waals surface area contributed by atoms with E-state index in [4.69, 9.17) is 11.6 Å². The van der Waals surface area contributed by atoms with Crippen LogP contribution in [-0.4, -0.2) is 24.8 Å². The predicted molar refractivity (Wildman–Crippen MR) is 75.8 cm³/mol. The molecule has 5 heteroatoms. The third-order valence-corrected chi connectivity index (χ3v) is 6.53. The van der Waals surface area contributed by atoms with E-state index in [-0.39, 0.29) is 12.1 Å². The molecule has 1 aromatic rings. The maximum Gasteiger partial charge on any atom is 0.243 e. The van der Waals surface area contributed by atoms with Crippen molar-refractivity contribution < 1.29 is 8.42 Å². The van der Waals surface area contributed by atoms with Crippen LogP contribution >= 0.6 is 11.6 Å². The monoisotopic (exact) mass is 299 g/mol. The van der Waals surface area contributed by atoms with Crippen molar-refractivity contribution in [3.8, 4) is 0 Å². The number of fused-ring (bicyclic) bond motifs is 2. The Hall–Kier alpha value is -0.580. The molecule has 2 saturated heterocycles. The fraction of sp³-hybridized carbons (Fsp3) is 0.571. The highest BCUT2D eigenvalue weighted by Crippen LogP contribution is 2.37. The van der Waals surface area contributed by atoms with Gasteiger partial charge in [-0.3, -0.25) is 0 Å². The van der Waals surface area contributed by atoms with Gasteiger partial charge in [0.05, 0.1) is 4.90 Å². The largest absolute Gasteiger partial charge is 0.243 e. The molecule has 0 N–H and O–H groups in total. The summed E-state index contributed by atoms with van der Waals surface area (Å²) in [4.78, 5) is 0.371. The second-order valence-corrected chi connectivity index (χ2v) is 7.74. The van der Waals surface area contributed by atoms with Gasteiger partial charge in [-0.15, -0.1) is 0 Å². The van der Waals surface area contributed by atoms with E-state index in [2.05, 4.69) is 0 Å². The second kappa shape index (κ2) is 5.08. The first-order chi connectivity index (χ1) is 9.09. The summed E-state index contributed by atoms with van der Waals surface area (Å²) >= 11 is 5.83. The molecule has 0 saturated carbocycles. The molecular weight excluding hydrogens is 282 g/mol. The van der Waals surface area contributed by atoms with E-state index < -0.39 is 10.0 Å². The maximum absolute atomic E-state index is 12.8. The highest BCUT2D eigenvalue weighted by Gasteiger charge is 2.41. The Morgan fingerprint density at radius 2 is 1.42 bits per heavy atom. The van der Waals surface area contributed by atoms with Gasteiger partial charge in [0.1, 0.15) is 0 Å². The number of halogens is 1. The van der Waals surface area contributed by atoms with Gasteiger partial charge >= 0.3 is 0 Å². The summed E-state index contributed by atoms with van der Waals surface area (Å²) in [6.07, 6.45) is 6.32. The van der Waals surface area contributed by atoms with Crippen molar-refractivity contribution in [1.29, 1.82) is 0 Å². The first-order valence-corrected chi connectivity index (χ1v) is 8.70. The van der Waals surface area contributed by atoms with Crippen LogP contribution in [0.5, 0.6) is 0 Å². The lowest BCUT2D eigenvalue weighted by Gasteiger charge is -2.44. The maximum atomic E-state index is 12.8. The van der Waals surface area contributed by atoms with E-state index in [1.165, 1.54) is 0 Å². The normalized spacial score (nSPS) is 28.3. The van der Waals surface area contributed by atoms with Crippen molar-refractivity contribution in [3.63, 3.8) is 0 Å². The molecule has 0 aliphatic carbocycles. The summed E-state index contributed by atoms with van der Waals surface area (Å²) in [5.74, 6) is 0. The van der Waals surface area contributed by atoms with E-state index in [1.807, 2.05) is 0 Å². The van der Waals surface area contributed by atoms with Crippen LogP contribution in [0.25, 0.3) is 0 Å². The van der Waals surface area contributed by atoms with Crippen molar-refractivity contribution in [2.45, 2.75) is 55.5 Å². The molecule has 0 aromatic heterocycles. The third kappa shape index (κ3) is 2.41. The lowest BCUT2D eigenvalue weighted by atomic mass is 9.87. The Balaban J connectivity index is 1.97. The van der Waals surface area contributed by atoms with Crippen LogP contribution in [-0.2, 0) is 10.0 Å². The smallest absolute Gasteiger partial charge is 0.207 e. The molecule has 2 fully saturated rings. The van der Waals surface area contributed by atoms with Gasteiger partial charge in [-0.1, -0.05) is 24.4 Å². The minimum Gasteiger partial charge on any atom is -0.207 e. The number of rotatable bonds is 2. The van der Waals surface area contributed by atoms with Gasteiger partial charge in [0.15, 0.2) is 0 Å². The lowest BCUT2D eigenvalue weighted by Crippen LogP contribution is -2.52. The zero-order chi connectivity index (χ0) is 13.5. The number of hydrogen-bond donors (Lipinski definition) is 0.